The maximum atomic E-state index is 12.1. The molecular formula is C10H12N4O3S. The molecule has 0 atom stereocenters. The summed E-state index contributed by atoms with van der Waals surface area (Å²) in [5.74, 6) is -0.419. The van der Waals surface area contributed by atoms with Gasteiger partial charge >= 0.3 is 5.97 Å². The van der Waals surface area contributed by atoms with Gasteiger partial charge in [0.05, 0.1) is 12.3 Å². The molecule has 2 heterocycles. The molecule has 0 saturated heterocycles. The van der Waals surface area contributed by atoms with Gasteiger partial charge in [0, 0.05) is 0 Å². The summed E-state index contributed by atoms with van der Waals surface area (Å²) in [6, 6.07) is 0. The molecule has 0 fully saturated rings. The summed E-state index contributed by atoms with van der Waals surface area (Å²) in [5.41, 5.74) is -0.244. The minimum absolute atomic E-state index is 0.0642. The van der Waals surface area contributed by atoms with Crippen LogP contribution in [-0.4, -0.2) is 38.4 Å². The van der Waals surface area contributed by atoms with E-state index in [0.29, 0.717) is 10.9 Å². The van der Waals surface area contributed by atoms with Gasteiger partial charge in [0.25, 0.3) is 11.3 Å². The molecule has 18 heavy (non-hydrogen) atoms. The molecule has 2 aromatic heterocycles. The molecule has 7 nitrogen and oxygen atoms in total. The van der Waals surface area contributed by atoms with E-state index in [9.17, 15) is 9.59 Å². The Morgan fingerprint density at radius 1 is 1.50 bits per heavy atom. The van der Waals surface area contributed by atoms with Gasteiger partial charge < -0.3 is 4.74 Å². The van der Waals surface area contributed by atoms with Crippen molar-refractivity contribution in [1.29, 1.82) is 0 Å². The standard InChI is InChI=1S/C10H12N4O3S/c1-4-17-8(16)6-5(2)11-9-12-10(18-3)13-14(9)7(6)15/h4H2,1-3H3,(H,11,12,13). The summed E-state index contributed by atoms with van der Waals surface area (Å²) in [5, 5.41) is 3.32. The van der Waals surface area contributed by atoms with Crippen molar-refractivity contribution >= 4 is 23.5 Å². The maximum Gasteiger partial charge on any atom is 0.345 e. The Bertz CT molecular complexity index is 661. The third kappa shape index (κ3) is 1.99. The molecule has 0 amide bonds. The van der Waals surface area contributed by atoms with Gasteiger partial charge in [-0.1, -0.05) is 11.8 Å². The van der Waals surface area contributed by atoms with Gasteiger partial charge in [-0.3, -0.25) is 9.89 Å². The summed E-state index contributed by atoms with van der Waals surface area (Å²) < 4.78 is 5.98. The summed E-state index contributed by atoms with van der Waals surface area (Å²) >= 11 is 1.35. The molecule has 0 aliphatic carbocycles. The summed E-state index contributed by atoms with van der Waals surface area (Å²) in [7, 11) is 0. The van der Waals surface area contributed by atoms with Crippen molar-refractivity contribution < 1.29 is 9.53 Å². The number of ether oxygens (including phenoxy) is 1. The Kier molecular flexibility index (Phi) is 3.37. The molecule has 96 valence electrons. The second kappa shape index (κ2) is 4.81. The van der Waals surface area contributed by atoms with Crippen LogP contribution in [0.1, 0.15) is 23.0 Å². The summed E-state index contributed by atoms with van der Waals surface area (Å²) in [6.07, 6.45) is 1.82. The number of esters is 1. The van der Waals surface area contributed by atoms with Crippen molar-refractivity contribution in [3.63, 3.8) is 0 Å². The molecule has 0 bridgehead atoms. The van der Waals surface area contributed by atoms with Crippen molar-refractivity contribution in [2.75, 3.05) is 12.9 Å². The predicted molar refractivity (Wildman–Crippen MR) is 66.1 cm³/mol. The number of aromatic amines is 1. The fourth-order valence-corrected chi connectivity index (χ4v) is 1.89. The average Bonchev–Trinajstić information content (AvgIpc) is 2.72. The molecule has 0 spiro atoms. The monoisotopic (exact) mass is 268 g/mol. The smallest absolute Gasteiger partial charge is 0.345 e. The van der Waals surface area contributed by atoms with E-state index < -0.39 is 11.5 Å². The summed E-state index contributed by atoms with van der Waals surface area (Å²) in [6.45, 7) is 3.47. The first-order chi connectivity index (χ1) is 8.58. The topological polar surface area (TPSA) is 89.3 Å². The van der Waals surface area contributed by atoms with Crippen molar-refractivity contribution in [2.45, 2.75) is 19.0 Å². The van der Waals surface area contributed by atoms with Crippen molar-refractivity contribution in [3.05, 3.63) is 21.6 Å². The lowest BCUT2D eigenvalue weighted by molar-refractivity contribution is 0.0522. The lowest BCUT2D eigenvalue weighted by Gasteiger charge is -2.03. The van der Waals surface area contributed by atoms with Crippen LogP contribution in [0.3, 0.4) is 0 Å². The van der Waals surface area contributed by atoms with Crippen LogP contribution in [-0.2, 0) is 4.74 Å². The normalized spacial score (nSPS) is 10.8. The SMILES string of the molecule is CCOC(=O)c1c(C)nc2nc(SC)[nH]n2c1=O. The van der Waals surface area contributed by atoms with Crippen LogP contribution in [0.15, 0.2) is 9.95 Å². The fourth-order valence-electron chi connectivity index (χ4n) is 1.53. The first-order valence-corrected chi connectivity index (χ1v) is 6.51. The molecule has 0 aromatic carbocycles. The Morgan fingerprint density at radius 2 is 2.22 bits per heavy atom. The maximum absolute atomic E-state index is 12.1. The molecule has 0 aliphatic rings. The second-order valence-corrected chi connectivity index (χ2v) is 4.26. The van der Waals surface area contributed by atoms with Crippen molar-refractivity contribution in [1.82, 2.24) is 19.6 Å². The third-order valence-corrected chi connectivity index (χ3v) is 2.90. The van der Waals surface area contributed by atoms with Gasteiger partial charge in [-0.25, -0.2) is 9.78 Å². The van der Waals surface area contributed by atoms with Crippen LogP contribution in [0.5, 0.6) is 0 Å². The van der Waals surface area contributed by atoms with E-state index in [1.165, 1.54) is 11.8 Å². The molecule has 2 rings (SSSR count). The Morgan fingerprint density at radius 3 is 2.83 bits per heavy atom. The number of nitrogens with one attached hydrogen (secondary N) is 1. The highest BCUT2D eigenvalue weighted by atomic mass is 32.2. The van der Waals surface area contributed by atoms with Crippen LogP contribution in [0.4, 0.5) is 0 Å². The van der Waals surface area contributed by atoms with E-state index in [1.54, 1.807) is 13.8 Å². The number of aromatic nitrogens is 4. The first kappa shape index (κ1) is 12.6. The van der Waals surface area contributed by atoms with Crippen LogP contribution in [0, 0.1) is 6.92 Å². The Labute approximate surface area is 107 Å². The highest BCUT2D eigenvalue weighted by molar-refractivity contribution is 7.98. The number of aryl methyl sites for hydroxylation is 1. The minimum atomic E-state index is -0.665. The van der Waals surface area contributed by atoms with E-state index in [4.69, 9.17) is 4.74 Å². The first-order valence-electron chi connectivity index (χ1n) is 5.29. The van der Waals surface area contributed by atoms with E-state index in [-0.39, 0.29) is 17.9 Å². The number of fused-ring (bicyclic) bond motifs is 1. The van der Waals surface area contributed by atoms with Crippen LogP contribution in [0.25, 0.3) is 5.78 Å². The van der Waals surface area contributed by atoms with Gasteiger partial charge in [-0.2, -0.15) is 9.50 Å². The average molecular weight is 268 g/mol. The molecule has 0 radical (unpaired) electrons. The molecular weight excluding hydrogens is 256 g/mol. The van der Waals surface area contributed by atoms with Gasteiger partial charge in [0.15, 0.2) is 5.16 Å². The van der Waals surface area contributed by atoms with Crippen molar-refractivity contribution in [3.8, 4) is 0 Å². The van der Waals surface area contributed by atoms with E-state index in [0.717, 1.165) is 4.52 Å². The summed E-state index contributed by atoms with van der Waals surface area (Å²) in [4.78, 5) is 32.0. The lowest BCUT2D eigenvalue weighted by Crippen LogP contribution is -2.26. The minimum Gasteiger partial charge on any atom is -0.462 e. The highest BCUT2D eigenvalue weighted by Crippen LogP contribution is 2.10. The van der Waals surface area contributed by atoms with E-state index in [2.05, 4.69) is 15.1 Å². The zero-order valence-corrected chi connectivity index (χ0v) is 11.0. The van der Waals surface area contributed by atoms with Crippen LogP contribution in [0.2, 0.25) is 0 Å². The molecule has 8 heteroatoms. The number of thioether (sulfide) groups is 1. The fraction of sp³-hybridized carbons (Fsp3) is 0.400. The molecule has 2 aromatic rings. The number of rotatable bonds is 3. The molecule has 0 unspecified atom stereocenters. The van der Waals surface area contributed by atoms with Gasteiger partial charge in [-0.05, 0) is 20.1 Å². The second-order valence-electron chi connectivity index (χ2n) is 3.47. The van der Waals surface area contributed by atoms with E-state index in [1.807, 2.05) is 6.26 Å². The highest BCUT2D eigenvalue weighted by Gasteiger charge is 2.20. The van der Waals surface area contributed by atoms with Gasteiger partial charge in [0.2, 0.25) is 0 Å². The number of H-pyrrole nitrogens is 1. The Balaban J connectivity index is 2.68. The van der Waals surface area contributed by atoms with Crippen LogP contribution >= 0.6 is 11.8 Å². The third-order valence-electron chi connectivity index (χ3n) is 2.33. The molecule has 1 N–H and O–H groups in total. The quantitative estimate of drug-likeness (QED) is 0.648. The zero-order chi connectivity index (χ0) is 13.3. The molecule has 0 aliphatic heterocycles. The van der Waals surface area contributed by atoms with Gasteiger partial charge in [-0.15, -0.1) is 0 Å². The number of carbonyl (C=O) groups is 1. The predicted octanol–water partition coefficient (Wildman–Crippen LogP) is 0.625. The number of nitrogens with zero attached hydrogens (tertiary/aromatic N) is 3. The van der Waals surface area contributed by atoms with Gasteiger partial charge in [0.1, 0.15) is 5.56 Å². The Hall–Kier alpha value is -1.83. The van der Waals surface area contributed by atoms with Crippen molar-refractivity contribution in [2.24, 2.45) is 0 Å². The lowest BCUT2D eigenvalue weighted by atomic mass is 10.2. The number of hydrogen-bond acceptors (Lipinski definition) is 6. The van der Waals surface area contributed by atoms with E-state index >= 15 is 0 Å². The molecule has 0 saturated carbocycles. The number of carbonyl (C=O) groups excluding carboxylic acids is 1. The van der Waals surface area contributed by atoms with Crippen LogP contribution < -0.4 is 5.56 Å². The number of hydrogen-bond donors (Lipinski definition) is 1. The largest absolute Gasteiger partial charge is 0.462 e. The zero-order valence-electron chi connectivity index (χ0n) is 10.2.